The van der Waals surface area contributed by atoms with E-state index in [1.54, 1.807) is 27.4 Å². The Morgan fingerprint density at radius 1 is 1.14 bits per heavy atom. The van der Waals surface area contributed by atoms with Gasteiger partial charge in [-0.05, 0) is 55.0 Å². The lowest BCUT2D eigenvalue weighted by Crippen LogP contribution is -2.47. The van der Waals surface area contributed by atoms with E-state index in [4.69, 9.17) is 0 Å². The molecule has 1 atom stereocenters. The van der Waals surface area contributed by atoms with Crippen molar-refractivity contribution in [1.29, 1.82) is 0 Å². The van der Waals surface area contributed by atoms with Crippen LogP contribution in [0.4, 0.5) is 4.39 Å². The van der Waals surface area contributed by atoms with Gasteiger partial charge >= 0.3 is 0 Å². The number of carbonyl (C=O) groups is 1. The Labute approximate surface area is 163 Å². The van der Waals surface area contributed by atoms with Crippen molar-refractivity contribution < 1.29 is 17.6 Å². The highest BCUT2D eigenvalue weighted by Crippen LogP contribution is 2.51. The van der Waals surface area contributed by atoms with Gasteiger partial charge in [0.05, 0.1) is 10.4 Å². The first-order valence-corrected chi connectivity index (χ1v) is 11.0. The third kappa shape index (κ3) is 2.60. The van der Waals surface area contributed by atoms with Crippen molar-refractivity contribution in [2.24, 2.45) is 5.92 Å². The zero-order chi connectivity index (χ0) is 19.5. The summed E-state index contributed by atoms with van der Waals surface area (Å²) < 4.78 is 41.7. The Bertz CT molecular complexity index is 1070. The van der Waals surface area contributed by atoms with Gasteiger partial charge in [0.1, 0.15) is 5.82 Å². The number of benzene rings is 2. The number of halogens is 1. The molecule has 2 heterocycles. The largest absolute Gasteiger partial charge is 0.336 e. The normalized spacial score (nSPS) is 26.0. The fourth-order valence-corrected chi connectivity index (χ4v) is 6.70. The second-order valence-corrected chi connectivity index (χ2v) is 9.83. The van der Waals surface area contributed by atoms with Crippen molar-refractivity contribution in [3.8, 4) is 0 Å². The Morgan fingerprint density at radius 3 is 2.68 bits per heavy atom. The number of carbonyl (C=O) groups excluding carboxylic acids is 1. The number of sulfonamides is 1. The van der Waals surface area contributed by atoms with Gasteiger partial charge in [-0.15, -0.1) is 0 Å². The second kappa shape index (κ2) is 6.12. The molecule has 7 heteroatoms. The van der Waals surface area contributed by atoms with E-state index in [0.717, 1.165) is 18.4 Å². The smallest absolute Gasteiger partial charge is 0.254 e. The maximum atomic E-state index is 13.6. The second-order valence-electron chi connectivity index (χ2n) is 7.99. The predicted octanol–water partition coefficient (Wildman–Crippen LogP) is 2.98. The first-order chi connectivity index (χ1) is 13.4. The van der Waals surface area contributed by atoms with Crippen LogP contribution in [0, 0.1) is 11.7 Å². The van der Waals surface area contributed by atoms with Crippen LogP contribution in [0.3, 0.4) is 0 Å². The minimum Gasteiger partial charge on any atom is -0.336 e. The van der Waals surface area contributed by atoms with Crippen molar-refractivity contribution in [1.82, 2.24) is 9.21 Å². The summed E-state index contributed by atoms with van der Waals surface area (Å²) in [7, 11) is -3.58. The summed E-state index contributed by atoms with van der Waals surface area (Å²) in [5.41, 5.74) is 0.353. The van der Waals surface area contributed by atoms with E-state index >= 15 is 0 Å². The molecule has 2 aromatic rings. The number of fused-ring (bicyclic) bond motifs is 2. The average Bonchev–Trinajstić information content (AvgIpc) is 3.38. The Kier molecular flexibility index (Phi) is 3.90. The first-order valence-electron chi connectivity index (χ1n) is 9.59. The lowest BCUT2D eigenvalue weighted by molar-refractivity contribution is 0.0762. The van der Waals surface area contributed by atoms with Crippen LogP contribution in [0.25, 0.3) is 0 Å². The first kappa shape index (κ1) is 17.8. The Hall–Kier alpha value is -2.25. The fourth-order valence-electron chi connectivity index (χ4n) is 4.56. The van der Waals surface area contributed by atoms with Crippen LogP contribution in [0.1, 0.15) is 35.2 Å². The van der Waals surface area contributed by atoms with Crippen molar-refractivity contribution in [3.63, 3.8) is 0 Å². The van der Waals surface area contributed by atoms with Crippen molar-refractivity contribution in [3.05, 3.63) is 65.5 Å². The summed E-state index contributed by atoms with van der Waals surface area (Å²) in [5, 5.41) is 0. The van der Waals surface area contributed by atoms with Gasteiger partial charge in [0.25, 0.3) is 5.91 Å². The van der Waals surface area contributed by atoms with E-state index in [-0.39, 0.29) is 5.91 Å². The quantitative estimate of drug-likeness (QED) is 0.796. The molecule has 2 aliphatic heterocycles. The molecule has 2 fully saturated rings. The molecule has 146 valence electrons. The maximum Gasteiger partial charge on any atom is 0.254 e. The summed E-state index contributed by atoms with van der Waals surface area (Å²) in [6.07, 6.45) is 2.64. The van der Waals surface area contributed by atoms with Crippen LogP contribution in [-0.4, -0.2) is 43.2 Å². The highest BCUT2D eigenvalue weighted by Gasteiger charge is 2.58. The van der Waals surface area contributed by atoms with Crippen LogP contribution in [0.5, 0.6) is 0 Å². The number of amides is 1. The minimum atomic E-state index is -3.58. The van der Waals surface area contributed by atoms with Crippen LogP contribution >= 0.6 is 0 Å². The highest BCUT2D eigenvalue weighted by atomic mass is 32.2. The lowest BCUT2D eigenvalue weighted by Gasteiger charge is -2.34. The Morgan fingerprint density at radius 2 is 1.93 bits per heavy atom. The van der Waals surface area contributed by atoms with E-state index in [2.05, 4.69) is 0 Å². The van der Waals surface area contributed by atoms with Gasteiger partial charge in [0, 0.05) is 25.2 Å². The number of likely N-dealkylation sites (tertiary alicyclic amines) is 1. The molecule has 0 aromatic heterocycles. The summed E-state index contributed by atoms with van der Waals surface area (Å²) in [5.74, 6) is -0.317. The van der Waals surface area contributed by atoms with E-state index < -0.39 is 21.4 Å². The van der Waals surface area contributed by atoms with Gasteiger partial charge in [-0.1, -0.05) is 24.3 Å². The molecule has 1 saturated heterocycles. The number of hydrogen-bond donors (Lipinski definition) is 0. The molecule has 0 unspecified atom stereocenters. The molecule has 2 aromatic carbocycles. The molecule has 0 radical (unpaired) electrons. The molecule has 0 N–H and O–H groups in total. The fraction of sp³-hybridized carbons (Fsp3) is 0.381. The molecule has 5 rings (SSSR count). The van der Waals surface area contributed by atoms with E-state index in [1.165, 1.54) is 18.2 Å². The molecule has 0 bridgehead atoms. The lowest BCUT2D eigenvalue weighted by atomic mass is 9.88. The van der Waals surface area contributed by atoms with Gasteiger partial charge in [0.15, 0.2) is 0 Å². The summed E-state index contributed by atoms with van der Waals surface area (Å²) in [6.45, 7) is 1.24. The van der Waals surface area contributed by atoms with Crippen molar-refractivity contribution in [2.75, 3.05) is 19.6 Å². The zero-order valence-corrected chi connectivity index (χ0v) is 16.2. The molecule has 3 aliphatic rings. The maximum absolute atomic E-state index is 13.6. The summed E-state index contributed by atoms with van der Waals surface area (Å²) in [6, 6.07) is 12.8. The van der Waals surface area contributed by atoms with Gasteiger partial charge < -0.3 is 4.90 Å². The molecule has 1 spiro atoms. The van der Waals surface area contributed by atoms with Gasteiger partial charge in [-0.25, -0.2) is 12.8 Å². The van der Waals surface area contributed by atoms with Gasteiger partial charge in [-0.3, -0.25) is 4.79 Å². The molecular formula is C21H21FN2O3S. The van der Waals surface area contributed by atoms with Crippen molar-refractivity contribution >= 4 is 15.9 Å². The van der Waals surface area contributed by atoms with E-state index in [1.807, 2.05) is 12.1 Å². The SMILES string of the molecule is O=C(c1cccc(F)c1)N1CC[C@]2(C1)c1ccccc1S(=O)(=O)N2CC1CC1. The minimum absolute atomic E-state index is 0.260. The third-order valence-electron chi connectivity index (χ3n) is 6.16. The van der Waals surface area contributed by atoms with Crippen LogP contribution in [-0.2, 0) is 15.6 Å². The standard InChI is InChI=1S/C21H21FN2O3S/c22-17-5-3-4-16(12-17)20(25)23-11-10-21(14-23)18-6-1-2-7-19(18)28(26,27)24(21)13-15-8-9-15/h1-7,12,15H,8-11,13-14H2/t21-/m0/s1. The number of hydrogen-bond acceptors (Lipinski definition) is 3. The molecule has 5 nitrogen and oxygen atoms in total. The predicted molar refractivity (Wildman–Crippen MR) is 102 cm³/mol. The Balaban J connectivity index is 1.53. The van der Waals surface area contributed by atoms with E-state index in [9.17, 15) is 17.6 Å². The molecular weight excluding hydrogens is 379 g/mol. The monoisotopic (exact) mass is 400 g/mol. The topological polar surface area (TPSA) is 57.7 Å². The molecule has 28 heavy (non-hydrogen) atoms. The molecule has 1 amide bonds. The van der Waals surface area contributed by atoms with Gasteiger partial charge in [0.2, 0.25) is 10.0 Å². The van der Waals surface area contributed by atoms with Crippen LogP contribution < -0.4 is 0 Å². The number of nitrogens with zero attached hydrogens (tertiary/aromatic N) is 2. The third-order valence-corrected chi connectivity index (χ3v) is 8.15. The van der Waals surface area contributed by atoms with E-state index in [0.29, 0.717) is 42.4 Å². The zero-order valence-electron chi connectivity index (χ0n) is 15.3. The molecule has 1 saturated carbocycles. The van der Waals surface area contributed by atoms with Gasteiger partial charge in [-0.2, -0.15) is 4.31 Å². The van der Waals surface area contributed by atoms with Crippen LogP contribution in [0.2, 0.25) is 0 Å². The summed E-state index contributed by atoms with van der Waals surface area (Å²) in [4.78, 5) is 15.0. The average molecular weight is 400 g/mol. The molecule has 1 aliphatic carbocycles. The highest BCUT2D eigenvalue weighted by molar-refractivity contribution is 7.89. The summed E-state index contributed by atoms with van der Waals surface area (Å²) >= 11 is 0. The van der Waals surface area contributed by atoms with Crippen LogP contribution in [0.15, 0.2) is 53.4 Å². The van der Waals surface area contributed by atoms with Crippen molar-refractivity contribution in [2.45, 2.75) is 29.7 Å². The number of rotatable bonds is 3.